The van der Waals surface area contributed by atoms with Gasteiger partial charge >= 0.3 is 6.18 Å². The van der Waals surface area contributed by atoms with Crippen molar-refractivity contribution in [2.75, 3.05) is 31.0 Å². The molecule has 0 aliphatic carbocycles. The van der Waals surface area contributed by atoms with Crippen LogP contribution in [0.5, 0.6) is 11.5 Å². The van der Waals surface area contributed by atoms with Crippen LogP contribution in [0, 0.1) is 12.7 Å². The molecular weight excluding hydrogens is 492 g/mol. The lowest BCUT2D eigenvalue weighted by Gasteiger charge is -2.36. The standard InChI is InChI=1S/C25H22F4N6O2/c1-14-11-35(13-31-14)19-7-5-16(9-21(19)36-3)32-24-30-10-22-23(33-24)34(2)20(12-37-22)17-6-4-15(26)8-18(17)25(27,28)29/h4-11,13,20H,12H2,1-3H3,(H,30,32,33). The van der Waals surface area contributed by atoms with Crippen molar-refractivity contribution in [3.63, 3.8) is 0 Å². The van der Waals surface area contributed by atoms with Crippen molar-refractivity contribution in [1.29, 1.82) is 0 Å². The number of imidazole rings is 1. The summed E-state index contributed by atoms with van der Waals surface area (Å²) < 4.78 is 67.6. The zero-order valence-corrected chi connectivity index (χ0v) is 20.0. The van der Waals surface area contributed by atoms with E-state index >= 15 is 0 Å². The summed E-state index contributed by atoms with van der Waals surface area (Å²) >= 11 is 0. The number of fused-ring (bicyclic) bond motifs is 1. The molecule has 1 atom stereocenters. The lowest BCUT2D eigenvalue weighted by molar-refractivity contribution is -0.138. The van der Waals surface area contributed by atoms with E-state index < -0.39 is 23.6 Å². The number of methoxy groups -OCH3 is 1. The zero-order valence-electron chi connectivity index (χ0n) is 20.0. The highest BCUT2D eigenvalue weighted by Gasteiger charge is 2.38. The summed E-state index contributed by atoms with van der Waals surface area (Å²) in [5.74, 6) is 0.441. The van der Waals surface area contributed by atoms with Gasteiger partial charge in [0.05, 0.1) is 42.6 Å². The number of benzene rings is 2. The van der Waals surface area contributed by atoms with E-state index in [2.05, 4.69) is 20.3 Å². The number of likely N-dealkylation sites (N-methyl/N-ethyl adjacent to an activating group) is 1. The summed E-state index contributed by atoms with van der Waals surface area (Å²) in [5, 5.41) is 3.09. The second-order valence-electron chi connectivity index (χ2n) is 8.48. The predicted octanol–water partition coefficient (Wildman–Crippen LogP) is 5.45. The van der Waals surface area contributed by atoms with Crippen molar-refractivity contribution in [1.82, 2.24) is 19.5 Å². The Hall–Kier alpha value is -4.35. The normalized spacial score (nSPS) is 15.2. The lowest BCUT2D eigenvalue weighted by atomic mass is 9.98. The number of aryl methyl sites for hydroxylation is 1. The van der Waals surface area contributed by atoms with Crippen LogP contribution >= 0.6 is 0 Å². The number of halogens is 4. The summed E-state index contributed by atoms with van der Waals surface area (Å²) in [6, 6.07) is 7.21. The summed E-state index contributed by atoms with van der Waals surface area (Å²) in [7, 11) is 3.16. The molecule has 0 bridgehead atoms. The minimum absolute atomic E-state index is 0.0826. The van der Waals surface area contributed by atoms with E-state index in [-0.39, 0.29) is 18.1 Å². The Balaban J connectivity index is 1.43. The van der Waals surface area contributed by atoms with Gasteiger partial charge in [0.1, 0.15) is 18.2 Å². The topological polar surface area (TPSA) is 77.3 Å². The third-order valence-corrected chi connectivity index (χ3v) is 6.04. The summed E-state index contributed by atoms with van der Waals surface area (Å²) in [6.45, 7) is 1.80. The van der Waals surface area contributed by atoms with Crippen LogP contribution in [0.15, 0.2) is 55.1 Å². The minimum atomic E-state index is -4.72. The highest BCUT2D eigenvalue weighted by molar-refractivity contribution is 5.64. The molecule has 1 aliphatic heterocycles. The molecule has 37 heavy (non-hydrogen) atoms. The molecule has 0 saturated carbocycles. The molecule has 0 spiro atoms. The van der Waals surface area contributed by atoms with Gasteiger partial charge in [0.25, 0.3) is 0 Å². The van der Waals surface area contributed by atoms with Crippen LogP contribution in [0.2, 0.25) is 0 Å². The highest BCUT2D eigenvalue weighted by Crippen LogP contribution is 2.42. The number of anilines is 3. The molecule has 3 heterocycles. The highest BCUT2D eigenvalue weighted by atomic mass is 19.4. The first-order valence-corrected chi connectivity index (χ1v) is 11.2. The largest absolute Gasteiger partial charge is 0.494 e. The van der Waals surface area contributed by atoms with Crippen molar-refractivity contribution in [2.24, 2.45) is 0 Å². The maximum Gasteiger partial charge on any atom is 0.416 e. The fraction of sp³-hybridized carbons (Fsp3) is 0.240. The molecule has 5 rings (SSSR count). The van der Waals surface area contributed by atoms with Gasteiger partial charge in [-0.2, -0.15) is 18.2 Å². The fourth-order valence-electron chi connectivity index (χ4n) is 4.22. The number of alkyl halides is 3. The summed E-state index contributed by atoms with van der Waals surface area (Å²) in [5.41, 5.74) is 1.12. The Morgan fingerprint density at radius 1 is 1.14 bits per heavy atom. The number of aromatic nitrogens is 4. The monoisotopic (exact) mass is 514 g/mol. The van der Waals surface area contributed by atoms with Gasteiger partial charge < -0.3 is 24.3 Å². The van der Waals surface area contributed by atoms with Gasteiger partial charge in [0.15, 0.2) is 11.6 Å². The molecule has 8 nitrogen and oxygen atoms in total. The van der Waals surface area contributed by atoms with Crippen LogP contribution in [0.4, 0.5) is 35.0 Å². The molecule has 0 saturated heterocycles. The number of rotatable bonds is 5. The first-order chi connectivity index (χ1) is 17.6. The molecule has 1 N–H and O–H groups in total. The zero-order chi connectivity index (χ0) is 26.3. The Bertz CT molecular complexity index is 1460. The molecule has 2 aromatic heterocycles. The van der Waals surface area contributed by atoms with Gasteiger partial charge in [-0.05, 0) is 36.8 Å². The Morgan fingerprint density at radius 2 is 1.95 bits per heavy atom. The molecule has 12 heteroatoms. The number of hydrogen-bond acceptors (Lipinski definition) is 7. The van der Waals surface area contributed by atoms with E-state index in [0.29, 0.717) is 29.1 Å². The number of ether oxygens (including phenoxy) is 2. The second-order valence-corrected chi connectivity index (χ2v) is 8.48. The molecule has 1 aliphatic rings. The van der Waals surface area contributed by atoms with E-state index in [1.165, 1.54) is 6.20 Å². The van der Waals surface area contributed by atoms with E-state index in [1.807, 2.05) is 29.8 Å². The van der Waals surface area contributed by atoms with Gasteiger partial charge in [-0.1, -0.05) is 6.07 Å². The van der Waals surface area contributed by atoms with E-state index in [0.717, 1.165) is 23.5 Å². The maximum atomic E-state index is 13.6. The number of hydrogen-bond donors (Lipinski definition) is 1. The quantitative estimate of drug-likeness (QED) is 0.355. The maximum absolute atomic E-state index is 13.6. The van der Waals surface area contributed by atoms with Gasteiger partial charge in [0.2, 0.25) is 5.95 Å². The predicted molar refractivity (Wildman–Crippen MR) is 128 cm³/mol. The molecule has 2 aromatic carbocycles. The summed E-state index contributed by atoms with van der Waals surface area (Å²) in [6.07, 6.45) is 0.281. The summed E-state index contributed by atoms with van der Waals surface area (Å²) in [4.78, 5) is 14.5. The van der Waals surface area contributed by atoms with E-state index in [1.54, 1.807) is 31.5 Å². The third kappa shape index (κ3) is 4.74. The minimum Gasteiger partial charge on any atom is -0.494 e. The van der Waals surface area contributed by atoms with Gasteiger partial charge in [-0.3, -0.25) is 0 Å². The van der Waals surface area contributed by atoms with Crippen LogP contribution in [0.25, 0.3) is 5.69 Å². The van der Waals surface area contributed by atoms with E-state index in [9.17, 15) is 17.6 Å². The third-order valence-electron chi connectivity index (χ3n) is 6.04. The van der Waals surface area contributed by atoms with Gasteiger partial charge in [0, 0.05) is 25.0 Å². The van der Waals surface area contributed by atoms with Crippen LogP contribution < -0.4 is 19.7 Å². The van der Waals surface area contributed by atoms with Crippen LogP contribution in [0.3, 0.4) is 0 Å². The number of nitrogens with zero attached hydrogens (tertiary/aromatic N) is 5. The smallest absolute Gasteiger partial charge is 0.416 e. The van der Waals surface area contributed by atoms with Crippen LogP contribution in [-0.4, -0.2) is 40.3 Å². The number of nitrogens with one attached hydrogen (secondary N) is 1. The molecule has 0 amide bonds. The second kappa shape index (κ2) is 9.26. The molecule has 4 aromatic rings. The average Bonchev–Trinajstić information content (AvgIpc) is 3.30. The van der Waals surface area contributed by atoms with Crippen molar-refractivity contribution in [2.45, 2.75) is 19.1 Å². The van der Waals surface area contributed by atoms with Gasteiger partial charge in [-0.15, -0.1) is 0 Å². The lowest BCUT2D eigenvalue weighted by Crippen LogP contribution is -2.35. The van der Waals surface area contributed by atoms with Crippen LogP contribution in [-0.2, 0) is 6.18 Å². The SMILES string of the molecule is COc1cc(Nc2ncc3c(n2)N(C)C(c2ccc(F)cc2C(F)(F)F)CO3)ccc1-n1cnc(C)c1. The van der Waals surface area contributed by atoms with Gasteiger partial charge in [-0.25, -0.2) is 14.4 Å². The van der Waals surface area contributed by atoms with Crippen molar-refractivity contribution in [3.8, 4) is 17.2 Å². The first-order valence-electron chi connectivity index (χ1n) is 11.2. The van der Waals surface area contributed by atoms with Crippen molar-refractivity contribution in [3.05, 3.63) is 77.8 Å². The molecule has 0 radical (unpaired) electrons. The Labute approximate surface area is 209 Å². The average molecular weight is 514 g/mol. The Kier molecular flexibility index (Phi) is 6.10. The van der Waals surface area contributed by atoms with Crippen molar-refractivity contribution >= 4 is 17.5 Å². The molecule has 1 unspecified atom stereocenters. The first kappa shape index (κ1) is 24.3. The van der Waals surface area contributed by atoms with Crippen LogP contribution in [0.1, 0.15) is 22.9 Å². The van der Waals surface area contributed by atoms with E-state index in [4.69, 9.17) is 9.47 Å². The molecular formula is C25H22F4N6O2. The molecule has 192 valence electrons. The Morgan fingerprint density at radius 3 is 2.65 bits per heavy atom. The molecule has 0 fully saturated rings. The fourth-order valence-corrected chi connectivity index (χ4v) is 4.22. The van der Waals surface area contributed by atoms with Crippen molar-refractivity contribution < 1.29 is 27.0 Å².